The normalized spacial score (nSPS) is 22.5. The largest absolute Gasteiger partial charge is 0.0651 e. The molecule has 0 aliphatic heterocycles. The first-order valence-corrected chi connectivity index (χ1v) is 6.43. The maximum Gasteiger partial charge on any atom is -0.0275 e. The first kappa shape index (κ1) is 14.0. The van der Waals surface area contributed by atoms with Crippen LogP contribution in [-0.4, -0.2) is 0 Å². The van der Waals surface area contributed by atoms with Gasteiger partial charge in [-0.2, -0.15) is 0 Å². The zero-order chi connectivity index (χ0) is 11.4. The first-order chi connectivity index (χ1) is 6.43. The minimum absolute atomic E-state index is 0.532. The molecule has 0 spiro atoms. The Labute approximate surface area is 91.5 Å². The Hall–Kier alpha value is 0. The lowest BCUT2D eigenvalue weighted by Gasteiger charge is -2.43. The SMILES string of the molecule is CCC(C)C(C)C(C)(CC)C(C)CC. The van der Waals surface area contributed by atoms with Crippen molar-refractivity contribution in [3.05, 3.63) is 0 Å². The van der Waals surface area contributed by atoms with Crippen molar-refractivity contribution < 1.29 is 0 Å². The fraction of sp³-hybridized carbons (Fsp3) is 1.00. The number of rotatable bonds is 6. The lowest BCUT2D eigenvalue weighted by molar-refractivity contribution is 0.0657. The van der Waals surface area contributed by atoms with Gasteiger partial charge in [-0.05, 0) is 23.2 Å². The smallest absolute Gasteiger partial charge is 0.0275 e. The molecule has 0 aromatic carbocycles. The van der Waals surface area contributed by atoms with Crippen molar-refractivity contribution in [3.8, 4) is 0 Å². The molecular formula is C14H30. The van der Waals surface area contributed by atoms with Crippen LogP contribution in [0.3, 0.4) is 0 Å². The van der Waals surface area contributed by atoms with Gasteiger partial charge in [-0.1, -0.05) is 67.7 Å². The average Bonchev–Trinajstić information content (AvgIpc) is 2.24. The fourth-order valence-electron chi connectivity index (χ4n) is 2.59. The van der Waals surface area contributed by atoms with Gasteiger partial charge in [0.15, 0.2) is 0 Å². The lowest BCUT2D eigenvalue weighted by Crippen LogP contribution is -2.35. The van der Waals surface area contributed by atoms with Crippen LogP contribution in [0.5, 0.6) is 0 Å². The summed E-state index contributed by atoms with van der Waals surface area (Å²) >= 11 is 0. The summed E-state index contributed by atoms with van der Waals surface area (Å²) in [5, 5.41) is 0. The molecule has 86 valence electrons. The Morgan fingerprint density at radius 2 is 1.43 bits per heavy atom. The molecule has 0 aliphatic rings. The lowest BCUT2D eigenvalue weighted by atomic mass is 9.62. The van der Waals surface area contributed by atoms with Crippen molar-refractivity contribution in [1.29, 1.82) is 0 Å². The molecule has 0 nitrogen and oxygen atoms in total. The van der Waals surface area contributed by atoms with Gasteiger partial charge in [-0.15, -0.1) is 0 Å². The summed E-state index contributed by atoms with van der Waals surface area (Å²) in [5.74, 6) is 2.54. The van der Waals surface area contributed by atoms with Crippen molar-refractivity contribution in [2.75, 3.05) is 0 Å². The van der Waals surface area contributed by atoms with Gasteiger partial charge in [-0.3, -0.25) is 0 Å². The monoisotopic (exact) mass is 198 g/mol. The van der Waals surface area contributed by atoms with Crippen molar-refractivity contribution in [3.63, 3.8) is 0 Å². The Kier molecular flexibility index (Phi) is 5.78. The zero-order valence-electron chi connectivity index (χ0n) is 11.4. The van der Waals surface area contributed by atoms with E-state index in [1.54, 1.807) is 0 Å². The fourth-order valence-corrected chi connectivity index (χ4v) is 2.59. The molecular weight excluding hydrogens is 168 g/mol. The van der Waals surface area contributed by atoms with E-state index >= 15 is 0 Å². The van der Waals surface area contributed by atoms with E-state index in [0.29, 0.717) is 5.41 Å². The van der Waals surface area contributed by atoms with Crippen LogP contribution >= 0.6 is 0 Å². The van der Waals surface area contributed by atoms with E-state index < -0.39 is 0 Å². The summed E-state index contributed by atoms with van der Waals surface area (Å²) in [6.07, 6.45) is 3.94. The zero-order valence-corrected chi connectivity index (χ0v) is 11.4. The van der Waals surface area contributed by atoms with Crippen LogP contribution in [0.4, 0.5) is 0 Å². The van der Waals surface area contributed by atoms with Crippen LogP contribution in [-0.2, 0) is 0 Å². The third-order valence-electron chi connectivity index (χ3n) is 5.04. The Bertz CT molecular complexity index is 150. The van der Waals surface area contributed by atoms with E-state index in [1.807, 2.05) is 0 Å². The van der Waals surface area contributed by atoms with Gasteiger partial charge in [-0.25, -0.2) is 0 Å². The summed E-state index contributed by atoms with van der Waals surface area (Å²) in [7, 11) is 0. The third-order valence-corrected chi connectivity index (χ3v) is 5.04. The molecule has 0 saturated heterocycles. The summed E-state index contributed by atoms with van der Waals surface area (Å²) in [6, 6.07) is 0. The Balaban J connectivity index is 4.66. The van der Waals surface area contributed by atoms with Crippen molar-refractivity contribution >= 4 is 0 Å². The second kappa shape index (κ2) is 5.78. The van der Waals surface area contributed by atoms with E-state index in [-0.39, 0.29) is 0 Å². The van der Waals surface area contributed by atoms with Gasteiger partial charge in [0.1, 0.15) is 0 Å². The van der Waals surface area contributed by atoms with Crippen molar-refractivity contribution in [2.45, 2.75) is 67.7 Å². The molecule has 0 heteroatoms. The molecule has 0 heterocycles. The van der Waals surface area contributed by atoms with Gasteiger partial charge in [0.05, 0.1) is 0 Å². The number of hydrogen-bond acceptors (Lipinski definition) is 0. The van der Waals surface area contributed by atoms with E-state index in [9.17, 15) is 0 Å². The van der Waals surface area contributed by atoms with Crippen LogP contribution in [0.1, 0.15) is 67.7 Å². The predicted octanol–water partition coefficient (Wildman–Crippen LogP) is 5.13. The standard InChI is InChI=1S/C14H30/c1-8-11(4)13(6)14(7,10-3)12(5)9-2/h11-13H,8-10H2,1-7H3. The maximum absolute atomic E-state index is 2.48. The number of hydrogen-bond donors (Lipinski definition) is 0. The highest BCUT2D eigenvalue weighted by Crippen LogP contribution is 2.44. The molecule has 0 aromatic heterocycles. The van der Waals surface area contributed by atoms with Crippen LogP contribution in [0.25, 0.3) is 0 Å². The van der Waals surface area contributed by atoms with Crippen molar-refractivity contribution in [2.24, 2.45) is 23.2 Å². The molecule has 0 fully saturated rings. The quantitative estimate of drug-likeness (QED) is 0.555. The van der Waals surface area contributed by atoms with Crippen LogP contribution < -0.4 is 0 Å². The van der Waals surface area contributed by atoms with Crippen molar-refractivity contribution in [1.82, 2.24) is 0 Å². The highest BCUT2D eigenvalue weighted by atomic mass is 14.4. The highest BCUT2D eigenvalue weighted by molar-refractivity contribution is 4.85. The van der Waals surface area contributed by atoms with Crippen LogP contribution in [0.2, 0.25) is 0 Å². The summed E-state index contributed by atoms with van der Waals surface area (Å²) in [4.78, 5) is 0. The van der Waals surface area contributed by atoms with Gasteiger partial charge < -0.3 is 0 Å². The maximum atomic E-state index is 2.48. The van der Waals surface area contributed by atoms with E-state index in [1.165, 1.54) is 19.3 Å². The topological polar surface area (TPSA) is 0 Å². The summed E-state index contributed by atoms with van der Waals surface area (Å²) < 4.78 is 0. The molecule has 0 radical (unpaired) electrons. The Morgan fingerprint density at radius 3 is 1.71 bits per heavy atom. The molecule has 4 unspecified atom stereocenters. The minimum atomic E-state index is 0.532. The summed E-state index contributed by atoms with van der Waals surface area (Å²) in [5.41, 5.74) is 0.532. The molecule has 0 N–H and O–H groups in total. The first-order valence-electron chi connectivity index (χ1n) is 6.43. The van der Waals surface area contributed by atoms with Gasteiger partial charge >= 0.3 is 0 Å². The van der Waals surface area contributed by atoms with Gasteiger partial charge in [0.25, 0.3) is 0 Å². The van der Waals surface area contributed by atoms with E-state index in [2.05, 4.69) is 48.5 Å². The third kappa shape index (κ3) is 2.74. The van der Waals surface area contributed by atoms with Gasteiger partial charge in [0, 0.05) is 0 Å². The molecule has 0 rings (SSSR count). The van der Waals surface area contributed by atoms with E-state index in [4.69, 9.17) is 0 Å². The molecule has 0 amide bonds. The molecule has 0 saturated carbocycles. The van der Waals surface area contributed by atoms with Gasteiger partial charge in [0.2, 0.25) is 0 Å². The molecule has 0 aliphatic carbocycles. The molecule has 4 atom stereocenters. The minimum Gasteiger partial charge on any atom is -0.0651 e. The molecule has 0 bridgehead atoms. The average molecular weight is 198 g/mol. The highest BCUT2D eigenvalue weighted by Gasteiger charge is 2.36. The van der Waals surface area contributed by atoms with Crippen LogP contribution in [0, 0.1) is 23.2 Å². The second-order valence-electron chi connectivity index (χ2n) is 5.34. The Morgan fingerprint density at radius 1 is 0.929 bits per heavy atom. The second-order valence-corrected chi connectivity index (χ2v) is 5.34. The predicted molar refractivity (Wildman–Crippen MR) is 66.5 cm³/mol. The molecule has 0 aromatic rings. The van der Waals surface area contributed by atoms with Crippen LogP contribution in [0.15, 0.2) is 0 Å². The van der Waals surface area contributed by atoms with E-state index in [0.717, 1.165) is 17.8 Å². The summed E-state index contributed by atoms with van der Waals surface area (Å²) in [6.45, 7) is 16.7. The molecule has 14 heavy (non-hydrogen) atoms.